The van der Waals surface area contributed by atoms with Crippen molar-refractivity contribution in [2.75, 3.05) is 13.1 Å². The summed E-state index contributed by atoms with van der Waals surface area (Å²) in [7, 11) is 0. The first-order chi connectivity index (χ1) is 12.3. The summed E-state index contributed by atoms with van der Waals surface area (Å²) in [5, 5.41) is 3.95. The molecule has 1 aromatic carbocycles. The van der Waals surface area contributed by atoms with Crippen molar-refractivity contribution in [2.24, 2.45) is 0 Å². The van der Waals surface area contributed by atoms with E-state index in [-0.39, 0.29) is 12.1 Å². The number of urea groups is 1. The molecule has 0 spiro atoms. The van der Waals surface area contributed by atoms with Crippen LogP contribution in [0.2, 0.25) is 0 Å². The number of nitrogens with one attached hydrogen (secondary N) is 1. The molecular formula is C19H19N3O3. The number of hydrogen-bond donors (Lipinski definition) is 1. The van der Waals surface area contributed by atoms with Crippen LogP contribution in [0.4, 0.5) is 4.79 Å². The molecule has 0 saturated carbocycles. The van der Waals surface area contributed by atoms with Crippen molar-refractivity contribution in [3.05, 3.63) is 60.6 Å². The number of para-hydroxylation sites is 1. The highest BCUT2D eigenvalue weighted by Gasteiger charge is 2.27. The van der Waals surface area contributed by atoms with Crippen LogP contribution in [0.5, 0.6) is 5.75 Å². The lowest BCUT2D eigenvalue weighted by molar-refractivity contribution is 0.186. The number of nitrogens with zero attached hydrogens (tertiary/aromatic N) is 2. The zero-order valence-corrected chi connectivity index (χ0v) is 13.7. The number of ether oxygens (including phenoxy) is 1. The van der Waals surface area contributed by atoms with Crippen LogP contribution < -0.4 is 10.1 Å². The van der Waals surface area contributed by atoms with Crippen LogP contribution in [0.25, 0.3) is 11.0 Å². The van der Waals surface area contributed by atoms with E-state index >= 15 is 0 Å². The predicted molar refractivity (Wildman–Crippen MR) is 93.3 cm³/mol. The minimum atomic E-state index is -0.0993. The van der Waals surface area contributed by atoms with Crippen LogP contribution in [0.3, 0.4) is 0 Å². The van der Waals surface area contributed by atoms with Gasteiger partial charge in [-0.3, -0.25) is 4.98 Å². The lowest BCUT2D eigenvalue weighted by Crippen LogP contribution is -2.39. The molecule has 1 saturated heterocycles. The monoisotopic (exact) mass is 337 g/mol. The fourth-order valence-electron chi connectivity index (χ4n) is 3.02. The SMILES string of the molecule is O=C(NCc1cc2ccccc2o1)N1CC[C@@H](Oc2cccnc2)C1. The average Bonchev–Trinajstić information content (AvgIpc) is 3.27. The van der Waals surface area contributed by atoms with Crippen molar-refractivity contribution < 1.29 is 13.9 Å². The molecule has 4 rings (SSSR count). The van der Waals surface area contributed by atoms with Gasteiger partial charge in [-0.15, -0.1) is 0 Å². The first-order valence-corrected chi connectivity index (χ1v) is 8.35. The number of aromatic nitrogens is 1. The van der Waals surface area contributed by atoms with Gasteiger partial charge in [-0.25, -0.2) is 4.79 Å². The lowest BCUT2D eigenvalue weighted by atomic mass is 10.2. The van der Waals surface area contributed by atoms with Crippen LogP contribution in [-0.4, -0.2) is 35.1 Å². The maximum absolute atomic E-state index is 12.3. The third kappa shape index (κ3) is 3.57. The number of rotatable bonds is 4. The number of likely N-dealkylation sites (tertiary alicyclic amines) is 1. The molecule has 25 heavy (non-hydrogen) atoms. The first-order valence-electron chi connectivity index (χ1n) is 8.35. The van der Waals surface area contributed by atoms with Crippen molar-refractivity contribution in [3.8, 4) is 5.75 Å². The molecular weight excluding hydrogens is 318 g/mol. The number of hydrogen-bond acceptors (Lipinski definition) is 4. The van der Waals surface area contributed by atoms with Crippen molar-refractivity contribution in [3.63, 3.8) is 0 Å². The smallest absolute Gasteiger partial charge is 0.317 e. The molecule has 6 nitrogen and oxygen atoms in total. The summed E-state index contributed by atoms with van der Waals surface area (Å²) in [4.78, 5) is 18.1. The molecule has 1 atom stereocenters. The van der Waals surface area contributed by atoms with Crippen LogP contribution in [0, 0.1) is 0 Å². The fraction of sp³-hybridized carbons (Fsp3) is 0.263. The Balaban J connectivity index is 1.30. The number of furan rings is 1. The van der Waals surface area contributed by atoms with Crippen LogP contribution in [-0.2, 0) is 6.54 Å². The zero-order chi connectivity index (χ0) is 17.1. The van der Waals surface area contributed by atoms with Crippen LogP contribution in [0.1, 0.15) is 12.2 Å². The number of pyridine rings is 1. The van der Waals surface area contributed by atoms with Crippen molar-refractivity contribution >= 4 is 17.0 Å². The summed E-state index contributed by atoms with van der Waals surface area (Å²) in [5.41, 5.74) is 0.831. The molecule has 6 heteroatoms. The lowest BCUT2D eigenvalue weighted by Gasteiger charge is -2.17. The van der Waals surface area contributed by atoms with Gasteiger partial charge >= 0.3 is 6.03 Å². The number of fused-ring (bicyclic) bond motifs is 1. The van der Waals surface area contributed by atoms with Gasteiger partial charge in [0, 0.05) is 24.5 Å². The number of carbonyl (C=O) groups excluding carboxylic acids is 1. The Kier molecular flexibility index (Phi) is 4.24. The van der Waals surface area contributed by atoms with Crippen molar-refractivity contribution in [2.45, 2.75) is 19.1 Å². The quantitative estimate of drug-likeness (QED) is 0.794. The number of carbonyl (C=O) groups is 1. The molecule has 1 fully saturated rings. The Morgan fingerprint density at radius 1 is 1.32 bits per heavy atom. The van der Waals surface area contributed by atoms with Gasteiger partial charge in [0.25, 0.3) is 0 Å². The van der Waals surface area contributed by atoms with E-state index in [4.69, 9.17) is 9.15 Å². The topological polar surface area (TPSA) is 67.6 Å². The fourth-order valence-corrected chi connectivity index (χ4v) is 3.02. The van der Waals surface area contributed by atoms with Gasteiger partial charge in [0.1, 0.15) is 23.2 Å². The minimum absolute atomic E-state index is 0.00107. The van der Waals surface area contributed by atoms with E-state index in [1.165, 1.54) is 0 Å². The standard InChI is InChI=1S/C19H19N3O3/c23-19(21-12-17-10-14-4-1-2-6-18(14)25-17)22-9-7-16(13-22)24-15-5-3-8-20-11-15/h1-6,8,10-11,16H,7,9,12-13H2,(H,21,23)/t16-/m1/s1. The van der Waals surface area contributed by atoms with Crippen molar-refractivity contribution in [1.29, 1.82) is 0 Å². The Hall–Kier alpha value is -3.02. The second kappa shape index (κ2) is 6.84. The molecule has 3 heterocycles. The Bertz CT molecular complexity index is 829. The Morgan fingerprint density at radius 2 is 2.24 bits per heavy atom. The highest BCUT2D eigenvalue weighted by atomic mass is 16.5. The van der Waals surface area contributed by atoms with Gasteiger partial charge in [-0.1, -0.05) is 18.2 Å². The summed E-state index contributed by atoms with van der Waals surface area (Å²) >= 11 is 0. The molecule has 2 aromatic heterocycles. The normalized spacial score (nSPS) is 17.0. The summed E-state index contributed by atoms with van der Waals surface area (Å²) in [5.74, 6) is 1.48. The maximum Gasteiger partial charge on any atom is 0.317 e. The van der Waals surface area contributed by atoms with E-state index in [1.54, 1.807) is 17.3 Å². The van der Waals surface area contributed by atoms with Gasteiger partial charge in [-0.05, 0) is 24.3 Å². The second-order valence-electron chi connectivity index (χ2n) is 6.07. The largest absolute Gasteiger partial charge is 0.487 e. The van der Waals surface area contributed by atoms with Gasteiger partial charge in [0.15, 0.2) is 0 Å². The molecule has 0 radical (unpaired) electrons. The third-order valence-electron chi connectivity index (χ3n) is 4.26. The molecule has 0 bridgehead atoms. The molecule has 1 aliphatic heterocycles. The minimum Gasteiger partial charge on any atom is -0.487 e. The number of amides is 2. The Labute approximate surface area is 145 Å². The third-order valence-corrected chi connectivity index (χ3v) is 4.26. The molecule has 0 aliphatic carbocycles. The highest BCUT2D eigenvalue weighted by molar-refractivity contribution is 5.78. The molecule has 1 aliphatic rings. The van der Waals surface area contributed by atoms with E-state index in [0.29, 0.717) is 19.6 Å². The molecule has 3 aromatic rings. The molecule has 0 unspecified atom stereocenters. The molecule has 128 valence electrons. The second-order valence-corrected chi connectivity index (χ2v) is 6.07. The zero-order valence-electron chi connectivity index (χ0n) is 13.7. The maximum atomic E-state index is 12.3. The van der Waals surface area contributed by atoms with E-state index in [0.717, 1.165) is 28.9 Å². The van der Waals surface area contributed by atoms with Gasteiger partial charge in [0.2, 0.25) is 0 Å². The van der Waals surface area contributed by atoms with E-state index in [2.05, 4.69) is 10.3 Å². The predicted octanol–water partition coefficient (Wildman–Crippen LogP) is 3.19. The van der Waals surface area contributed by atoms with Crippen molar-refractivity contribution in [1.82, 2.24) is 15.2 Å². The van der Waals surface area contributed by atoms with Crippen LogP contribution >= 0.6 is 0 Å². The van der Waals surface area contributed by atoms with Gasteiger partial charge in [-0.2, -0.15) is 0 Å². The van der Waals surface area contributed by atoms with Gasteiger partial charge in [0.05, 0.1) is 19.3 Å². The summed E-state index contributed by atoms with van der Waals surface area (Å²) < 4.78 is 11.6. The summed E-state index contributed by atoms with van der Waals surface area (Å²) in [6.07, 6.45) is 4.21. The average molecular weight is 337 g/mol. The molecule has 2 amide bonds. The van der Waals surface area contributed by atoms with E-state index in [1.807, 2.05) is 42.5 Å². The highest BCUT2D eigenvalue weighted by Crippen LogP contribution is 2.19. The summed E-state index contributed by atoms with van der Waals surface area (Å²) in [6.45, 7) is 1.62. The molecule has 1 N–H and O–H groups in total. The summed E-state index contributed by atoms with van der Waals surface area (Å²) in [6, 6.07) is 13.4. The van der Waals surface area contributed by atoms with Gasteiger partial charge < -0.3 is 19.4 Å². The first kappa shape index (κ1) is 15.5. The van der Waals surface area contributed by atoms with E-state index < -0.39 is 0 Å². The number of benzene rings is 1. The Morgan fingerprint density at radius 3 is 3.08 bits per heavy atom. The van der Waals surface area contributed by atoms with E-state index in [9.17, 15) is 4.79 Å². The van der Waals surface area contributed by atoms with Crippen LogP contribution in [0.15, 0.2) is 59.3 Å².